The highest BCUT2D eigenvalue weighted by Gasteiger charge is 1.98. The normalized spacial score (nSPS) is 10.1. The lowest BCUT2D eigenvalue weighted by Crippen LogP contribution is -2.00. The average molecular weight is 189 g/mol. The maximum absolute atomic E-state index is 5.39. The molecule has 0 amide bonds. The summed E-state index contributed by atoms with van der Waals surface area (Å²) in [6.07, 6.45) is 4.97. The van der Waals surface area contributed by atoms with Gasteiger partial charge in [-0.05, 0) is 19.1 Å². The van der Waals surface area contributed by atoms with E-state index in [4.69, 9.17) is 4.42 Å². The summed E-state index contributed by atoms with van der Waals surface area (Å²) < 4.78 is 5.39. The van der Waals surface area contributed by atoms with Crippen molar-refractivity contribution in [2.24, 2.45) is 0 Å². The Morgan fingerprint density at radius 2 is 2.29 bits per heavy atom. The minimum Gasteiger partial charge on any atom is -0.465 e. The Morgan fingerprint density at radius 3 is 2.93 bits per heavy atom. The SMILES string of the molecule is Cc1ccc(CNc2cnccn2)o1. The van der Waals surface area contributed by atoms with Gasteiger partial charge in [0.25, 0.3) is 0 Å². The molecule has 0 aliphatic rings. The highest BCUT2D eigenvalue weighted by atomic mass is 16.3. The fraction of sp³-hybridized carbons (Fsp3) is 0.200. The van der Waals surface area contributed by atoms with Crippen molar-refractivity contribution in [3.05, 3.63) is 42.2 Å². The largest absolute Gasteiger partial charge is 0.465 e. The number of furan rings is 1. The van der Waals surface area contributed by atoms with Crippen molar-refractivity contribution in [3.63, 3.8) is 0 Å². The molecular weight excluding hydrogens is 178 g/mol. The van der Waals surface area contributed by atoms with E-state index in [-0.39, 0.29) is 0 Å². The van der Waals surface area contributed by atoms with Crippen LogP contribution in [0.2, 0.25) is 0 Å². The molecule has 0 fully saturated rings. The van der Waals surface area contributed by atoms with Gasteiger partial charge in [0.15, 0.2) is 0 Å². The number of anilines is 1. The smallest absolute Gasteiger partial charge is 0.144 e. The Kier molecular flexibility index (Phi) is 2.44. The molecule has 0 saturated heterocycles. The Bertz CT molecular complexity index is 397. The monoisotopic (exact) mass is 189 g/mol. The molecule has 72 valence electrons. The van der Waals surface area contributed by atoms with E-state index in [9.17, 15) is 0 Å². The summed E-state index contributed by atoms with van der Waals surface area (Å²) >= 11 is 0. The zero-order chi connectivity index (χ0) is 9.80. The second kappa shape index (κ2) is 3.91. The number of nitrogens with zero attached hydrogens (tertiary/aromatic N) is 2. The van der Waals surface area contributed by atoms with Crippen LogP contribution in [0.4, 0.5) is 5.82 Å². The highest BCUT2D eigenvalue weighted by Crippen LogP contribution is 2.08. The van der Waals surface area contributed by atoms with E-state index in [1.54, 1.807) is 18.6 Å². The van der Waals surface area contributed by atoms with Crippen LogP contribution in [0.15, 0.2) is 35.1 Å². The summed E-state index contributed by atoms with van der Waals surface area (Å²) in [5.74, 6) is 2.57. The van der Waals surface area contributed by atoms with Gasteiger partial charge in [-0.25, -0.2) is 4.98 Å². The minimum atomic E-state index is 0.631. The number of hydrogen-bond donors (Lipinski definition) is 1. The van der Waals surface area contributed by atoms with Crippen LogP contribution in [-0.2, 0) is 6.54 Å². The number of aryl methyl sites for hydroxylation is 1. The molecule has 0 unspecified atom stereocenters. The number of nitrogens with one attached hydrogen (secondary N) is 1. The summed E-state index contributed by atoms with van der Waals surface area (Å²) in [7, 11) is 0. The van der Waals surface area contributed by atoms with Gasteiger partial charge in [0, 0.05) is 12.4 Å². The van der Waals surface area contributed by atoms with Crippen LogP contribution >= 0.6 is 0 Å². The first-order chi connectivity index (χ1) is 6.84. The van der Waals surface area contributed by atoms with Gasteiger partial charge >= 0.3 is 0 Å². The summed E-state index contributed by atoms with van der Waals surface area (Å²) in [5, 5.41) is 3.11. The molecule has 2 aromatic heterocycles. The zero-order valence-corrected chi connectivity index (χ0v) is 7.90. The lowest BCUT2D eigenvalue weighted by Gasteiger charge is -2.01. The second-order valence-electron chi connectivity index (χ2n) is 2.96. The lowest BCUT2D eigenvalue weighted by atomic mass is 10.4. The third-order valence-corrected chi connectivity index (χ3v) is 1.80. The van der Waals surface area contributed by atoms with Crippen LogP contribution < -0.4 is 5.32 Å². The van der Waals surface area contributed by atoms with E-state index in [1.165, 1.54) is 0 Å². The van der Waals surface area contributed by atoms with E-state index in [0.717, 1.165) is 17.3 Å². The van der Waals surface area contributed by atoms with Crippen LogP contribution in [0, 0.1) is 6.92 Å². The van der Waals surface area contributed by atoms with E-state index >= 15 is 0 Å². The van der Waals surface area contributed by atoms with Crippen molar-refractivity contribution in [2.75, 3.05) is 5.32 Å². The van der Waals surface area contributed by atoms with E-state index in [2.05, 4.69) is 15.3 Å². The number of rotatable bonds is 3. The molecule has 0 radical (unpaired) electrons. The van der Waals surface area contributed by atoms with Crippen molar-refractivity contribution in [2.45, 2.75) is 13.5 Å². The standard InChI is InChI=1S/C10H11N3O/c1-8-2-3-9(14-8)6-13-10-7-11-4-5-12-10/h2-5,7H,6H2,1H3,(H,12,13). The van der Waals surface area contributed by atoms with Gasteiger partial charge in [0.05, 0.1) is 12.7 Å². The molecule has 0 aliphatic carbocycles. The molecule has 14 heavy (non-hydrogen) atoms. The Balaban J connectivity index is 1.95. The third kappa shape index (κ3) is 2.10. The average Bonchev–Trinajstić information content (AvgIpc) is 2.63. The molecular formula is C10H11N3O. The molecule has 1 N–H and O–H groups in total. The van der Waals surface area contributed by atoms with Crippen molar-refractivity contribution in [1.82, 2.24) is 9.97 Å². The predicted molar refractivity (Wildman–Crippen MR) is 52.8 cm³/mol. The third-order valence-electron chi connectivity index (χ3n) is 1.80. The van der Waals surface area contributed by atoms with Crippen molar-refractivity contribution >= 4 is 5.82 Å². The molecule has 2 heterocycles. The van der Waals surface area contributed by atoms with Gasteiger partial charge in [-0.15, -0.1) is 0 Å². The van der Waals surface area contributed by atoms with Crippen molar-refractivity contribution < 1.29 is 4.42 Å². The fourth-order valence-electron chi connectivity index (χ4n) is 1.15. The summed E-state index contributed by atoms with van der Waals surface area (Å²) in [6, 6.07) is 3.88. The predicted octanol–water partition coefficient (Wildman–Crippen LogP) is 1.99. The molecule has 0 bridgehead atoms. The van der Waals surface area contributed by atoms with Gasteiger partial charge in [0.1, 0.15) is 17.3 Å². The van der Waals surface area contributed by atoms with Crippen LogP contribution in [0.5, 0.6) is 0 Å². The van der Waals surface area contributed by atoms with Gasteiger partial charge in [-0.3, -0.25) is 4.98 Å². The first-order valence-electron chi connectivity index (χ1n) is 4.40. The van der Waals surface area contributed by atoms with Crippen molar-refractivity contribution in [1.29, 1.82) is 0 Å². The fourth-order valence-corrected chi connectivity index (χ4v) is 1.15. The Hall–Kier alpha value is -1.84. The number of aromatic nitrogens is 2. The van der Waals surface area contributed by atoms with Gasteiger partial charge < -0.3 is 9.73 Å². The molecule has 0 spiro atoms. The first-order valence-corrected chi connectivity index (χ1v) is 4.40. The lowest BCUT2D eigenvalue weighted by molar-refractivity contribution is 0.490. The molecule has 0 aliphatic heterocycles. The number of hydrogen-bond acceptors (Lipinski definition) is 4. The Morgan fingerprint density at radius 1 is 1.36 bits per heavy atom. The Labute approximate surface area is 82.0 Å². The van der Waals surface area contributed by atoms with E-state index in [1.807, 2.05) is 19.1 Å². The molecule has 2 rings (SSSR count). The topological polar surface area (TPSA) is 51.0 Å². The van der Waals surface area contributed by atoms with Gasteiger partial charge in [-0.1, -0.05) is 0 Å². The second-order valence-corrected chi connectivity index (χ2v) is 2.96. The first kappa shape index (κ1) is 8.74. The molecule has 4 heteroatoms. The molecule has 0 atom stereocenters. The maximum atomic E-state index is 5.39. The zero-order valence-electron chi connectivity index (χ0n) is 7.90. The van der Waals surface area contributed by atoms with Crippen LogP contribution in [-0.4, -0.2) is 9.97 Å². The van der Waals surface area contributed by atoms with Crippen LogP contribution in [0.3, 0.4) is 0 Å². The quantitative estimate of drug-likeness (QED) is 0.802. The molecule has 2 aromatic rings. The maximum Gasteiger partial charge on any atom is 0.144 e. The van der Waals surface area contributed by atoms with Gasteiger partial charge in [-0.2, -0.15) is 0 Å². The minimum absolute atomic E-state index is 0.631. The highest BCUT2D eigenvalue weighted by molar-refractivity contribution is 5.30. The summed E-state index contributed by atoms with van der Waals surface area (Å²) in [4.78, 5) is 8.03. The van der Waals surface area contributed by atoms with E-state index in [0.29, 0.717) is 6.54 Å². The van der Waals surface area contributed by atoms with Crippen LogP contribution in [0.1, 0.15) is 11.5 Å². The van der Waals surface area contributed by atoms with Crippen LogP contribution in [0.25, 0.3) is 0 Å². The van der Waals surface area contributed by atoms with Crippen molar-refractivity contribution in [3.8, 4) is 0 Å². The van der Waals surface area contributed by atoms with Gasteiger partial charge in [0.2, 0.25) is 0 Å². The molecule has 0 aromatic carbocycles. The summed E-state index contributed by atoms with van der Waals surface area (Å²) in [6.45, 7) is 2.55. The molecule has 4 nitrogen and oxygen atoms in total. The molecule has 0 saturated carbocycles. The summed E-state index contributed by atoms with van der Waals surface area (Å²) in [5.41, 5.74) is 0. The van der Waals surface area contributed by atoms with E-state index < -0.39 is 0 Å².